The zero-order chi connectivity index (χ0) is 13.6. The van der Waals surface area contributed by atoms with Crippen LogP contribution in [-0.4, -0.2) is 44.7 Å². The van der Waals surface area contributed by atoms with Crippen molar-refractivity contribution in [2.45, 2.75) is 18.6 Å². The number of aliphatic hydroxyl groups is 1. The maximum Gasteiger partial charge on any atom is 0.277 e. The molecule has 1 rings (SSSR count). The first kappa shape index (κ1) is 15.4. The zero-order valence-corrected chi connectivity index (χ0v) is 11.5. The molecule has 2 atom stereocenters. The van der Waals surface area contributed by atoms with Crippen molar-refractivity contribution in [3.8, 4) is 0 Å². The number of allylic oxidation sites excluding steroid dienone is 3. The molecule has 0 spiro atoms. The number of hydrogen-bond acceptors (Lipinski definition) is 5. The maximum atomic E-state index is 12.1. The smallest absolute Gasteiger partial charge is 0.277 e. The van der Waals surface area contributed by atoms with E-state index in [1.807, 2.05) is 19.1 Å². The Labute approximate surface area is 108 Å². The first-order chi connectivity index (χ1) is 8.44. The second kappa shape index (κ2) is 6.47. The van der Waals surface area contributed by atoms with Crippen LogP contribution < -0.4 is 0 Å². The zero-order valence-electron chi connectivity index (χ0n) is 10.7. The van der Waals surface area contributed by atoms with Crippen molar-refractivity contribution < 1.29 is 22.4 Å². The predicted octanol–water partition coefficient (Wildman–Crippen LogP) is 0.863. The molecule has 0 aliphatic heterocycles. The summed E-state index contributed by atoms with van der Waals surface area (Å²) in [6, 6.07) is 0. The number of aliphatic hydroxyl groups excluding tert-OH is 1. The Morgan fingerprint density at radius 2 is 2.00 bits per heavy atom. The lowest BCUT2D eigenvalue weighted by Crippen LogP contribution is -2.41. The van der Waals surface area contributed by atoms with Gasteiger partial charge in [-0.3, -0.25) is 4.18 Å². The van der Waals surface area contributed by atoms with Crippen LogP contribution >= 0.6 is 0 Å². The molecule has 0 saturated heterocycles. The third-order valence-corrected chi connectivity index (χ3v) is 5.14. The maximum absolute atomic E-state index is 12.1. The summed E-state index contributed by atoms with van der Waals surface area (Å²) in [5, 5.41) is 8.50. The van der Waals surface area contributed by atoms with Crippen molar-refractivity contribution in [3.05, 3.63) is 24.3 Å². The van der Waals surface area contributed by atoms with Gasteiger partial charge in [-0.2, -0.15) is 8.42 Å². The molecule has 6 heteroatoms. The van der Waals surface area contributed by atoms with Gasteiger partial charge in [0.15, 0.2) is 0 Å². The molecular weight excluding hydrogens is 256 g/mol. The van der Waals surface area contributed by atoms with Crippen molar-refractivity contribution in [2.24, 2.45) is 5.92 Å². The second-order valence-electron chi connectivity index (χ2n) is 4.33. The lowest BCUT2D eigenvalue weighted by molar-refractivity contribution is 0.0711. The molecule has 0 bridgehead atoms. The van der Waals surface area contributed by atoms with Crippen molar-refractivity contribution in [1.29, 1.82) is 0 Å². The Bertz CT molecular complexity index is 412. The first-order valence-corrected chi connectivity index (χ1v) is 7.28. The van der Waals surface area contributed by atoms with Gasteiger partial charge < -0.3 is 9.84 Å². The summed E-state index contributed by atoms with van der Waals surface area (Å²) in [6.07, 6.45) is 7.01. The van der Waals surface area contributed by atoms with Gasteiger partial charge in [-0.15, -0.1) is 0 Å². The molecule has 0 heterocycles. The van der Waals surface area contributed by atoms with Crippen LogP contribution in [0, 0.1) is 5.92 Å². The summed E-state index contributed by atoms with van der Waals surface area (Å²) >= 11 is 0. The van der Waals surface area contributed by atoms with E-state index in [9.17, 15) is 8.42 Å². The molecular formula is C12H20O5S. The van der Waals surface area contributed by atoms with Crippen molar-refractivity contribution in [1.82, 2.24) is 0 Å². The average Bonchev–Trinajstić information content (AvgIpc) is 2.32. The Morgan fingerprint density at radius 1 is 1.28 bits per heavy atom. The standard InChI is InChI=1S/C12H20O5S/c1-11-5-3-4-6-12(11,2)18(14,15)17-10-9-16-8-7-13/h3-6,11,13H,7-10H2,1-2H3. The summed E-state index contributed by atoms with van der Waals surface area (Å²) in [5.74, 6) is -0.147. The highest BCUT2D eigenvalue weighted by molar-refractivity contribution is 7.88. The summed E-state index contributed by atoms with van der Waals surface area (Å²) in [5.41, 5.74) is 0. The van der Waals surface area contributed by atoms with Crippen molar-refractivity contribution in [3.63, 3.8) is 0 Å². The van der Waals surface area contributed by atoms with Gasteiger partial charge in [0, 0.05) is 0 Å². The Kier molecular flexibility index (Phi) is 5.52. The second-order valence-corrected chi connectivity index (χ2v) is 6.35. The molecule has 0 aromatic heterocycles. The first-order valence-electron chi connectivity index (χ1n) is 5.87. The van der Waals surface area contributed by atoms with Crippen LogP contribution in [0.25, 0.3) is 0 Å². The van der Waals surface area contributed by atoms with Crippen LogP contribution in [0.4, 0.5) is 0 Å². The molecule has 0 amide bonds. The van der Waals surface area contributed by atoms with Gasteiger partial charge in [0.05, 0.1) is 26.4 Å². The van der Waals surface area contributed by atoms with E-state index in [1.165, 1.54) is 0 Å². The summed E-state index contributed by atoms with van der Waals surface area (Å²) in [4.78, 5) is 0. The van der Waals surface area contributed by atoms with E-state index in [0.717, 1.165) is 0 Å². The summed E-state index contributed by atoms with van der Waals surface area (Å²) in [7, 11) is -3.70. The Hall–Kier alpha value is -0.690. The lowest BCUT2D eigenvalue weighted by Gasteiger charge is -2.31. The molecule has 0 aromatic rings. The molecule has 104 valence electrons. The number of ether oxygens (including phenoxy) is 1. The van der Waals surface area contributed by atoms with Crippen molar-refractivity contribution in [2.75, 3.05) is 26.4 Å². The fraction of sp³-hybridized carbons (Fsp3) is 0.667. The third-order valence-electron chi connectivity index (χ3n) is 3.08. The molecule has 0 aromatic carbocycles. The normalized spacial score (nSPS) is 27.6. The number of hydrogen-bond donors (Lipinski definition) is 1. The van der Waals surface area contributed by atoms with Gasteiger partial charge in [0.2, 0.25) is 0 Å². The topological polar surface area (TPSA) is 72.8 Å². The third kappa shape index (κ3) is 3.41. The SMILES string of the molecule is CC1C=CC=CC1(C)S(=O)(=O)OCCOCCO. The van der Waals surface area contributed by atoms with Gasteiger partial charge in [-0.25, -0.2) is 0 Å². The van der Waals surface area contributed by atoms with E-state index in [0.29, 0.717) is 0 Å². The molecule has 1 N–H and O–H groups in total. The van der Waals surface area contributed by atoms with Gasteiger partial charge in [-0.1, -0.05) is 31.2 Å². The monoisotopic (exact) mass is 276 g/mol. The molecule has 18 heavy (non-hydrogen) atoms. The molecule has 0 fully saturated rings. The van der Waals surface area contributed by atoms with Crippen LogP contribution in [0.15, 0.2) is 24.3 Å². The molecule has 5 nitrogen and oxygen atoms in total. The van der Waals surface area contributed by atoms with Gasteiger partial charge in [0.25, 0.3) is 10.1 Å². The molecule has 1 aliphatic rings. The summed E-state index contributed by atoms with van der Waals surface area (Å²) in [6.45, 7) is 3.67. The molecule has 1 aliphatic carbocycles. The molecule has 0 radical (unpaired) electrons. The Balaban J connectivity index is 2.58. The quantitative estimate of drug-likeness (QED) is 0.551. The molecule has 2 unspecified atom stereocenters. The highest BCUT2D eigenvalue weighted by Gasteiger charge is 2.42. The van der Waals surface area contributed by atoms with Crippen LogP contribution in [0.1, 0.15) is 13.8 Å². The minimum absolute atomic E-state index is 0.0395. The van der Waals surface area contributed by atoms with Crippen LogP contribution in [0.5, 0.6) is 0 Å². The fourth-order valence-electron chi connectivity index (χ4n) is 1.63. The lowest BCUT2D eigenvalue weighted by atomic mass is 9.91. The van der Waals surface area contributed by atoms with Crippen molar-refractivity contribution >= 4 is 10.1 Å². The van der Waals surface area contributed by atoms with E-state index >= 15 is 0 Å². The highest BCUT2D eigenvalue weighted by atomic mass is 32.2. The van der Waals surface area contributed by atoms with Gasteiger partial charge in [-0.05, 0) is 12.8 Å². The van der Waals surface area contributed by atoms with E-state index in [4.69, 9.17) is 14.0 Å². The minimum Gasteiger partial charge on any atom is -0.394 e. The predicted molar refractivity (Wildman–Crippen MR) is 68.6 cm³/mol. The highest BCUT2D eigenvalue weighted by Crippen LogP contribution is 2.33. The Morgan fingerprint density at radius 3 is 2.61 bits per heavy atom. The van der Waals surface area contributed by atoms with E-state index < -0.39 is 14.9 Å². The number of rotatable bonds is 7. The average molecular weight is 276 g/mol. The van der Waals surface area contributed by atoms with E-state index in [2.05, 4.69) is 0 Å². The molecule has 0 saturated carbocycles. The van der Waals surface area contributed by atoms with Crippen LogP contribution in [0.2, 0.25) is 0 Å². The van der Waals surface area contributed by atoms with Gasteiger partial charge >= 0.3 is 0 Å². The van der Waals surface area contributed by atoms with E-state index in [1.54, 1.807) is 19.1 Å². The van der Waals surface area contributed by atoms with Crippen LogP contribution in [0.3, 0.4) is 0 Å². The van der Waals surface area contributed by atoms with Gasteiger partial charge in [0.1, 0.15) is 4.75 Å². The fourth-order valence-corrected chi connectivity index (χ4v) is 2.95. The largest absolute Gasteiger partial charge is 0.394 e. The minimum atomic E-state index is -3.70. The summed E-state index contributed by atoms with van der Waals surface area (Å²) < 4.78 is 33.2. The van der Waals surface area contributed by atoms with Crippen LogP contribution in [-0.2, 0) is 19.0 Å². The van der Waals surface area contributed by atoms with E-state index in [-0.39, 0.29) is 32.3 Å².